The number of nitrogens with one attached hydrogen (secondary N) is 2. The molecule has 0 bridgehead atoms. The SMILES string of the molecule is CNC(=O)c1ccc(NCc2nc(C)c(C)s2)cc1. The molecule has 5 heteroatoms. The molecule has 2 rings (SSSR count). The molecule has 0 saturated carbocycles. The lowest BCUT2D eigenvalue weighted by molar-refractivity contribution is 0.0963. The lowest BCUT2D eigenvalue weighted by Gasteiger charge is -2.05. The average Bonchev–Trinajstić information content (AvgIpc) is 2.75. The van der Waals surface area contributed by atoms with Crippen molar-refractivity contribution >= 4 is 22.9 Å². The summed E-state index contributed by atoms with van der Waals surface area (Å²) >= 11 is 1.71. The highest BCUT2D eigenvalue weighted by molar-refractivity contribution is 7.11. The molecule has 0 aliphatic carbocycles. The molecule has 2 N–H and O–H groups in total. The first-order valence-corrected chi connectivity index (χ1v) is 6.90. The molecule has 2 aromatic rings. The van der Waals surface area contributed by atoms with Crippen LogP contribution in [0.25, 0.3) is 0 Å². The second-order valence-electron chi connectivity index (χ2n) is 4.26. The van der Waals surface area contributed by atoms with Crippen LogP contribution in [0.2, 0.25) is 0 Å². The third-order valence-electron chi connectivity index (χ3n) is 2.89. The van der Waals surface area contributed by atoms with Gasteiger partial charge in [-0.25, -0.2) is 4.98 Å². The minimum Gasteiger partial charge on any atom is -0.379 e. The molecular formula is C14H17N3OS. The van der Waals surface area contributed by atoms with Crippen molar-refractivity contribution in [2.24, 2.45) is 0 Å². The number of benzene rings is 1. The molecule has 0 aliphatic rings. The van der Waals surface area contributed by atoms with Gasteiger partial charge in [-0.15, -0.1) is 11.3 Å². The van der Waals surface area contributed by atoms with Crippen LogP contribution in [0, 0.1) is 13.8 Å². The van der Waals surface area contributed by atoms with Crippen LogP contribution in [0.15, 0.2) is 24.3 Å². The van der Waals surface area contributed by atoms with Crippen molar-refractivity contribution < 1.29 is 4.79 Å². The normalized spacial score (nSPS) is 10.3. The van der Waals surface area contributed by atoms with Crippen LogP contribution in [-0.2, 0) is 6.54 Å². The van der Waals surface area contributed by atoms with E-state index in [4.69, 9.17) is 0 Å². The number of anilines is 1. The Labute approximate surface area is 116 Å². The summed E-state index contributed by atoms with van der Waals surface area (Å²) in [5.41, 5.74) is 2.74. The smallest absolute Gasteiger partial charge is 0.251 e. The number of amides is 1. The second-order valence-corrected chi connectivity index (χ2v) is 5.55. The van der Waals surface area contributed by atoms with Crippen molar-refractivity contribution in [2.45, 2.75) is 20.4 Å². The van der Waals surface area contributed by atoms with Gasteiger partial charge in [-0.1, -0.05) is 0 Å². The summed E-state index contributed by atoms with van der Waals surface area (Å²) in [5.74, 6) is -0.0716. The highest BCUT2D eigenvalue weighted by Gasteiger charge is 2.04. The molecule has 0 aliphatic heterocycles. The summed E-state index contributed by atoms with van der Waals surface area (Å²) in [4.78, 5) is 17.1. The number of aryl methyl sites for hydroxylation is 2. The van der Waals surface area contributed by atoms with Crippen molar-refractivity contribution in [2.75, 3.05) is 12.4 Å². The summed E-state index contributed by atoms with van der Waals surface area (Å²) < 4.78 is 0. The van der Waals surface area contributed by atoms with Gasteiger partial charge in [0.1, 0.15) is 5.01 Å². The third kappa shape index (κ3) is 3.32. The van der Waals surface area contributed by atoms with E-state index in [1.165, 1.54) is 4.88 Å². The van der Waals surface area contributed by atoms with Crippen LogP contribution in [-0.4, -0.2) is 17.9 Å². The number of carbonyl (C=O) groups is 1. The van der Waals surface area contributed by atoms with Crippen molar-refractivity contribution in [3.05, 3.63) is 45.4 Å². The van der Waals surface area contributed by atoms with E-state index in [2.05, 4.69) is 22.5 Å². The number of thiazole rings is 1. The van der Waals surface area contributed by atoms with Gasteiger partial charge in [0.2, 0.25) is 0 Å². The zero-order chi connectivity index (χ0) is 13.8. The molecule has 0 unspecified atom stereocenters. The Kier molecular flexibility index (Phi) is 4.16. The first kappa shape index (κ1) is 13.5. The molecule has 1 heterocycles. The molecular weight excluding hydrogens is 258 g/mol. The predicted molar refractivity (Wildman–Crippen MR) is 78.7 cm³/mol. The van der Waals surface area contributed by atoms with Crippen LogP contribution in [0.3, 0.4) is 0 Å². The van der Waals surface area contributed by atoms with Gasteiger partial charge >= 0.3 is 0 Å². The van der Waals surface area contributed by atoms with E-state index in [-0.39, 0.29) is 5.91 Å². The largest absolute Gasteiger partial charge is 0.379 e. The van der Waals surface area contributed by atoms with Gasteiger partial charge < -0.3 is 10.6 Å². The average molecular weight is 275 g/mol. The molecule has 0 radical (unpaired) electrons. The molecule has 0 saturated heterocycles. The van der Waals surface area contributed by atoms with E-state index in [1.807, 2.05) is 19.1 Å². The van der Waals surface area contributed by atoms with Crippen molar-refractivity contribution in [3.8, 4) is 0 Å². The Balaban J connectivity index is 1.98. The zero-order valence-corrected chi connectivity index (χ0v) is 12.1. The highest BCUT2D eigenvalue weighted by Crippen LogP contribution is 2.18. The van der Waals surface area contributed by atoms with E-state index in [0.29, 0.717) is 12.1 Å². The molecule has 0 spiro atoms. The fourth-order valence-corrected chi connectivity index (χ4v) is 2.55. The van der Waals surface area contributed by atoms with Gasteiger partial charge in [-0.2, -0.15) is 0 Å². The molecule has 1 amide bonds. The van der Waals surface area contributed by atoms with Crippen molar-refractivity contribution in [1.29, 1.82) is 0 Å². The maximum Gasteiger partial charge on any atom is 0.251 e. The zero-order valence-electron chi connectivity index (χ0n) is 11.3. The van der Waals surface area contributed by atoms with E-state index >= 15 is 0 Å². The first-order chi connectivity index (χ1) is 9.10. The molecule has 4 nitrogen and oxygen atoms in total. The highest BCUT2D eigenvalue weighted by atomic mass is 32.1. The maximum absolute atomic E-state index is 11.4. The fourth-order valence-electron chi connectivity index (χ4n) is 1.68. The first-order valence-electron chi connectivity index (χ1n) is 6.09. The van der Waals surface area contributed by atoms with Gasteiger partial charge in [0.05, 0.1) is 12.2 Å². The van der Waals surface area contributed by atoms with E-state index < -0.39 is 0 Å². The lowest BCUT2D eigenvalue weighted by Crippen LogP contribution is -2.17. The third-order valence-corrected chi connectivity index (χ3v) is 3.96. The van der Waals surface area contributed by atoms with Crippen LogP contribution in [0.5, 0.6) is 0 Å². The fraction of sp³-hybridized carbons (Fsp3) is 0.286. The van der Waals surface area contributed by atoms with Crippen LogP contribution < -0.4 is 10.6 Å². The summed E-state index contributed by atoms with van der Waals surface area (Å²) in [6.07, 6.45) is 0. The molecule has 0 atom stereocenters. The standard InChI is InChI=1S/C14H17N3OS/c1-9-10(2)19-13(17-9)8-16-12-6-4-11(5-7-12)14(18)15-3/h4-7,16H,8H2,1-3H3,(H,15,18). The summed E-state index contributed by atoms with van der Waals surface area (Å²) in [7, 11) is 1.63. The number of nitrogens with zero attached hydrogens (tertiary/aromatic N) is 1. The van der Waals surface area contributed by atoms with Crippen LogP contribution >= 0.6 is 11.3 Å². The number of aromatic nitrogens is 1. The van der Waals surface area contributed by atoms with E-state index in [0.717, 1.165) is 16.4 Å². The Morgan fingerprint density at radius 3 is 2.47 bits per heavy atom. The van der Waals surface area contributed by atoms with Crippen molar-refractivity contribution in [1.82, 2.24) is 10.3 Å². The topological polar surface area (TPSA) is 54.0 Å². The minimum absolute atomic E-state index is 0.0716. The van der Waals surface area contributed by atoms with Gasteiger partial charge in [-0.3, -0.25) is 4.79 Å². The molecule has 0 fully saturated rings. The van der Waals surface area contributed by atoms with Gasteiger partial charge in [0.15, 0.2) is 0 Å². The maximum atomic E-state index is 11.4. The Morgan fingerprint density at radius 2 is 1.95 bits per heavy atom. The lowest BCUT2D eigenvalue weighted by atomic mass is 10.2. The monoisotopic (exact) mass is 275 g/mol. The van der Waals surface area contributed by atoms with Gasteiger partial charge in [0.25, 0.3) is 5.91 Å². The predicted octanol–water partition coefficient (Wildman–Crippen LogP) is 2.73. The number of hydrogen-bond donors (Lipinski definition) is 2. The van der Waals surface area contributed by atoms with E-state index in [1.54, 1.807) is 30.5 Å². The Morgan fingerprint density at radius 1 is 1.26 bits per heavy atom. The van der Waals surface area contributed by atoms with E-state index in [9.17, 15) is 4.79 Å². The summed E-state index contributed by atoms with van der Waals surface area (Å²) in [6, 6.07) is 7.41. The molecule has 100 valence electrons. The minimum atomic E-state index is -0.0716. The molecule has 19 heavy (non-hydrogen) atoms. The number of carbonyl (C=O) groups excluding carboxylic acids is 1. The van der Waals surface area contributed by atoms with Gasteiger partial charge in [-0.05, 0) is 38.1 Å². The molecule has 1 aromatic carbocycles. The van der Waals surface area contributed by atoms with Crippen LogP contribution in [0.4, 0.5) is 5.69 Å². The summed E-state index contributed by atoms with van der Waals surface area (Å²) in [5, 5.41) is 6.98. The Bertz CT molecular complexity index is 555. The van der Waals surface area contributed by atoms with Gasteiger partial charge in [0, 0.05) is 23.2 Å². The second kappa shape index (κ2) is 5.84. The molecule has 1 aromatic heterocycles. The Hall–Kier alpha value is -1.88. The number of rotatable bonds is 4. The quantitative estimate of drug-likeness (QED) is 0.902. The number of hydrogen-bond acceptors (Lipinski definition) is 4. The van der Waals surface area contributed by atoms with Crippen LogP contribution in [0.1, 0.15) is 25.9 Å². The van der Waals surface area contributed by atoms with Crippen molar-refractivity contribution in [3.63, 3.8) is 0 Å². The summed E-state index contributed by atoms with van der Waals surface area (Å²) in [6.45, 7) is 4.81.